The van der Waals surface area contributed by atoms with Crippen molar-refractivity contribution < 1.29 is 29.0 Å². The van der Waals surface area contributed by atoms with Gasteiger partial charge in [-0.1, -0.05) is 36.3 Å². The predicted octanol–water partition coefficient (Wildman–Crippen LogP) is 1.80. The Bertz CT molecular complexity index is 945. The monoisotopic (exact) mass is 403 g/mol. The molecule has 0 bridgehead atoms. The Morgan fingerprint density at radius 1 is 1.34 bits per heavy atom. The smallest absolute Gasteiger partial charge is 0.305 e. The van der Waals surface area contributed by atoms with Gasteiger partial charge in [0.05, 0.1) is 23.7 Å². The fourth-order valence-corrected chi connectivity index (χ4v) is 3.31. The molecule has 3 N–H and O–H groups in total. The number of carboxylic acids is 1. The van der Waals surface area contributed by atoms with Crippen LogP contribution in [0.3, 0.4) is 0 Å². The summed E-state index contributed by atoms with van der Waals surface area (Å²) < 4.78 is 12.9. The summed E-state index contributed by atoms with van der Waals surface area (Å²) in [5.74, 6) is -1.91. The number of carboxylic acid groups (broad SMARTS) is 1. The van der Waals surface area contributed by atoms with E-state index in [1.807, 2.05) is 30.3 Å². The molecule has 0 spiro atoms. The molecule has 1 aliphatic rings. The molecule has 1 aromatic carbocycles. The molecule has 0 saturated carbocycles. The lowest BCUT2D eigenvalue weighted by atomic mass is 9.89. The van der Waals surface area contributed by atoms with Crippen molar-refractivity contribution in [2.75, 3.05) is 6.67 Å². The van der Waals surface area contributed by atoms with Crippen molar-refractivity contribution in [3.8, 4) is 0 Å². The zero-order valence-corrected chi connectivity index (χ0v) is 15.8. The largest absolute Gasteiger partial charge is 0.481 e. The molecule has 1 amide bonds. The van der Waals surface area contributed by atoms with Crippen molar-refractivity contribution >= 4 is 28.5 Å². The molecule has 1 aromatic heterocycles. The number of alkyl halides is 1. The minimum atomic E-state index is -1.63. The zero-order chi connectivity index (χ0) is 21.0. The summed E-state index contributed by atoms with van der Waals surface area (Å²) in [4.78, 5) is 33.8. The van der Waals surface area contributed by atoms with Crippen molar-refractivity contribution in [1.82, 2.24) is 10.3 Å². The molecular formula is C20H22FN3O5. The molecule has 1 aliphatic heterocycles. The molecular weight excluding hydrogens is 381 g/mol. The van der Waals surface area contributed by atoms with Gasteiger partial charge in [0.2, 0.25) is 5.60 Å². The number of aromatic nitrogens is 1. The van der Waals surface area contributed by atoms with E-state index in [1.54, 1.807) is 13.1 Å². The molecule has 3 unspecified atom stereocenters. The van der Waals surface area contributed by atoms with Crippen LogP contribution in [0, 0.1) is 0 Å². The Hall–Kier alpha value is -3.07. The highest BCUT2D eigenvalue weighted by atomic mass is 19.1. The lowest BCUT2D eigenvalue weighted by molar-refractivity contribution is -0.147. The molecule has 3 atom stereocenters. The first-order valence-electron chi connectivity index (χ1n) is 9.26. The Morgan fingerprint density at radius 2 is 2.10 bits per heavy atom. The van der Waals surface area contributed by atoms with E-state index in [0.717, 1.165) is 16.5 Å². The summed E-state index contributed by atoms with van der Waals surface area (Å²) in [5, 5.41) is 26.1. The normalized spacial score (nSPS) is 20.6. The Morgan fingerprint density at radius 3 is 2.79 bits per heavy atom. The minimum Gasteiger partial charge on any atom is -0.481 e. The number of pyridine rings is 1. The second kappa shape index (κ2) is 8.52. The van der Waals surface area contributed by atoms with Crippen LogP contribution in [0.5, 0.6) is 0 Å². The van der Waals surface area contributed by atoms with Crippen molar-refractivity contribution in [2.45, 2.75) is 43.9 Å². The van der Waals surface area contributed by atoms with Crippen LogP contribution in [0.4, 0.5) is 4.39 Å². The maximum Gasteiger partial charge on any atom is 0.305 e. The number of hydrogen-bond acceptors (Lipinski definition) is 6. The van der Waals surface area contributed by atoms with E-state index in [1.165, 1.54) is 0 Å². The number of para-hydroxylation sites is 1. The lowest BCUT2D eigenvalue weighted by Gasteiger charge is -2.28. The number of carbonyl (C=O) groups is 2. The number of carbonyl (C=O) groups excluding carboxylic acids is 1. The van der Waals surface area contributed by atoms with E-state index in [0.29, 0.717) is 5.71 Å². The number of fused-ring (bicyclic) bond motifs is 1. The van der Waals surface area contributed by atoms with Crippen LogP contribution in [0.1, 0.15) is 31.7 Å². The number of rotatable bonds is 8. The first-order valence-corrected chi connectivity index (χ1v) is 9.26. The number of hydrogen-bond donors (Lipinski definition) is 3. The van der Waals surface area contributed by atoms with Crippen LogP contribution in [0.2, 0.25) is 0 Å². The van der Waals surface area contributed by atoms with Crippen molar-refractivity contribution in [3.63, 3.8) is 0 Å². The number of nitrogens with one attached hydrogen (secondary N) is 1. The zero-order valence-electron chi connectivity index (χ0n) is 15.8. The van der Waals surface area contributed by atoms with Crippen molar-refractivity contribution in [1.29, 1.82) is 0 Å². The topological polar surface area (TPSA) is 121 Å². The molecule has 29 heavy (non-hydrogen) atoms. The second-order valence-electron chi connectivity index (χ2n) is 6.93. The molecule has 9 heteroatoms. The number of halogens is 1. The van der Waals surface area contributed by atoms with Gasteiger partial charge in [-0.05, 0) is 12.5 Å². The van der Waals surface area contributed by atoms with E-state index >= 15 is 0 Å². The quantitative estimate of drug-likeness (QED) is 0.618. The average molecular weight is 403 g/mol. The number of oxime groups is 1. The summed E-state index contributed by atoms with van der Waals surface area (Å²) in [7, 11) is 0. The molecule has 0 aliphatic carbocycles. The summed E-state index contributed by atoms with van der Waals surface area (Å²) in [6, 6.07) is 8.06. The summed E-state index contributed by atoms with van der Waals surface area (Å²) >= 11 is 0. The fraction of sp³-hybridized carbons (Fsp3) is 0.400. The third kappa shape index (κ3) is 4.19. The second-order valence-corrected chi connectivity index (χ2v) is 6.93. The number of nitrogens with zero attached hydrogens (tertiary/aromatic N) is 2. The van der Waals surface area contributed by atoms with Crippen LogP contribution < -0.4 is 5.32 Å². The van der Waals surface area contributed by atoms with Gasteiger partial charge in [-0.3, -0.25) is 14.6 Å². The number of aliphatic hydroxyl groups excluding tert-OH is 1. The highest BCUT2D eigenvalue weighted by Crippen LogP contribution is 2.32. The SMILES string of the molecule is CCC1(C(=O)NC(CC(=O)O)C(O)CF)CC(c2cccc3cccnc23)=NO1. The lowest BCUT2D eigenvalue weighted by Crippen LogP contribution is -2.54. The summed E-state index contributed by atoms with van der Waals surface area (Å²) in [5.41, 5.74) is 0.615. The van der Waals surface area contributed by atoms with Crippen LogP contribution >= 0.6 is 0 Å². The molecule has 2 aromatic rings. The van der Waals surface area contributed by atoms with Gasteiger partial charge in [0.25, 0.3) is 5.91 Å². The highest BCUT2D eigenvalue weighted by molar-refractivity contribution is 6.12. The van der Waals surface area contributed by atoms with Gasteiger partial charge < -0.3 is 20.4 Å². The van der Waals surface area contributed by atoms with Crippen LogP contribution in [-0.4, -0.2) is 57.2 Å². The van der Waals surface area contributed by atoms with Gasteiger partial charge in [0, 0.05) is 23.6 Å². The Balaban J connectivity index is 1.82. The summed E-state index contributed by atoms with van der Waals surface area (Å²) in [6.07, 6.45) is -0.200. The van der Waals surface area contributed by atoms with Gasteiger partial charge in [0.15, 0.2) is 0 Å². The third-order valence-corrected chi connectivity index (χ3v) is 5.05. The summed E-state index contributed by atoms with van der Waals surface area (Å²) in [6.45, 7) is 0.554. The Labute approximate surface area is 166 Å². The van der Waals surface area contributed by atoms with E-state index in [9.17, 15) is 19.1 Å². The molecule has 0 radical (unpaired) electrons. The van der Waals surface area contributed by atoms with E-state index in [2.05, 4.69) is 15.5 Å². The van der Waals surface area contributed by atoms with Crippen LogP contribution in [0.25, 0.3) is 10.9 Å². The molecule has 154 valence electrons. The maximum absolute atomic E-state index is 12.9. The molecule has 8 nitrogen and oxygen atoms in total. The third-order valence-electron chi connectivity index (χ3n) is 5.05. The van der Waals surface area contributed by atoms with E-state index in [-0.39, 0.29) is 12.8 Å². The van der Waals surface area contributed by atoms with E-state index in [4.69, 9.17) is 9.94 Å². The highest BCUT2D eigenvalue weighted by Gasteiger charge is 2.46. The molecule has 0 saturated heterocycles. The van der Waals surface area contributed by atoms with Gasteiger partial charge >= 0.3 is 5.97 Å². The standard InChI is InChI=1S/C20H22FN3O5/c1-2-20(19(28)23-14(9-17(26)27)16(25)11-21)10-15(24-29-20)13-7-3-5-12-6-4-8-22-18(12)13/h3-8,14,16,25H,2,9-11H2,1H3,(H,23,28)(H,26,27). The average Bonchev–Trinajstić information content (AvgIpc) is 3.17. The number of amides is 1. The Kier molecular flexibility index (Phi) is 6.07. The van der Waals surface area contributed by atoms with Gasteiger partial charge in [-0.15, -0.1) is 0 Å². The fourth-order valence-electron chi connectivity index (χ4n) is 3.31. The van der Waals surface area contributed by atoms with Crippen LogP contribution in [-0.2, 0) is 14.4 Å². The van der Waals surface area contributed by atoms with Crippen molar-refractivity contribution in [3.05, 3.63) is 42.1 Å². The maximum atomic E-state index is 12.9. The van der Waals surface area contributed by atoms with Crippen LogP contribution in [0.15, 0.2) is 41.7 Å². The number of aliphatic carboxylic acids is 1. The van der Waals surface area contributed by atoms with Gasteiger partial charge in [-0.2, -0.15) is 0 Å². The molecule has 0 fully saturated rings. The van der Waals surface area contributed by atoms with Gasteiger partial charge in [0.1, 0.15) is 12.8 Å². The minimum absolute atomic E-state index is 0.135. The van der Waals surface area contributed by atoms with Crippen molar-refractivity contribution in [2.24, 2.45) is 5.16 Å². The number of benzene rings is 1. The molecule has 3 rings (SSSR count). The first-order chi connectivity index (χ1) is 13.9. The van der Waals surface area contributed by atoms with E-state index < -0.39 is 42.7 Å². The van der Waals surface area contributed by atoms with Gasteiger partial charge in [-0.25, -0.2) is 4.39 Å². The predicted molar refractivity (Wildman–Crippen MR) is 103 cm³/mol. The first kappa shape index (κ1) is 20.7. The molecule has 2 heterocycles. The number of aliphatic hydroxyl groups is 1.